The summed E-state index contributed by atoms with van der Waals surface area (Å²) < 4.78 is 0. The van der Waals surface area contributed by atoms with E-state index in [0.29, 0.717) is 16.2 Å². The molecule has 1 amide bonds. The lowest BCUT2D eigenvalue weighted by molar-refractivity contribution is 0.102. The number of rotatable bonds is 4. The Morgan fingerprint density at radius 2 is 1.78 bits per heavy atom. The zero-order chi connectivity index (χ0) is 22.1. The molecule has 5 rings (SSSR count). The first kappa shape index (κ1) is 20.6. The SMILES string of the molecule is Cc1nc(NC(=O)c2cccc3ccc(-c4cccc(N5CCCCC5)c4)nc23)sc1C. The lowest BCUT2D eigenvalue weighted by Gasteiger charge is -2.29. The number of pyridine rings is 1. The number of anilines is 2. The van der Waals surface area contributed by atoms with Crippen LogP contribution in [0.5, 0.6) is 0 Å². The summed E-state index contributed by atoms with van der Waals surface area (Å²) in [6.07, 6.45) is 3.80. The van der Waals surface area contributed by atoms with Crippen LogP contribution in [0.1, 0.15) is 40.2 Å². The number of fused-ring (bicyclic) bond motifs is 1. The second-order valence-corrected chi connectivity index (χ2v) is 9.49. The summed E-state index contributed by atoms with van der Waals surface area (Å²) in [5, 5.41) is 4.51. The van der Waals surface area contributed by atoms with E-state index in [2.05, 4.69) is 39.5 Å². The van der Waals surface area contributed by atoms with Crippen molar-refractivity contribution in [2.24, 2.45) is 0 Å². The number of carbonyl (C=O) groups excluding carboxylic acids is 1. The Hall–Kier alpha value is -3.25. The third kappa shape index (κ3) is 4.10. The zero-order valence-electron chi connectivity index (χ0n) is 18.4. The molecule has 1 saturated heterocycles. The van der Waals surface area contributed by atoms with E-state index in [-0.39, 0.29) is 5.91 Å². The summed E-state index contributed by atoms with van der Waals surface area (Å²) in [7, 11) is 0. The normalized spacial score (nSPS) is 14.0. The van der Waals surface area contributed by atoms with Crippen LogP contribution in [0, 0.1) is 13.8 Å². The van der Waals surface area contributed by atoms with Gasteiger partial charge in [-0.25, -0.2) is 9.97 Å². The van der Waals surface area contributed by atoms with Crippen LogP contribution in [0.15, 0.2) is 54.6 Å². The first-order valence-electron chi connectivity index (χ1n) is 11.1. The molecule has 2 aromatic heterocycles. The number of benzene rings is 2. The molecule has 32 heavy (non-hydrogen) atoms. The molecule has 0 unspecified atom stereocenters. The molecule has 0 aliphatic carbocycles. The first-order valence-corrected chi connectivity index (χ1v) is 11.9. The Labute approximate surface area is 192 Å². The van der Waals surface area contributed by atoms with E-state index < -0.39 is 0 Å². The Morgan fingerprint density at radius 3 is 2.56 bits per heavy atom. The molecule has 5 nitrogen and oxygen atoms in total. The van der Waals surface area contributed by atoms with E-state index in [1.807, 2.05) is 44.2 Å². The van der Waals surface area contributed by atoms with Crippen molar-refractivity contribution in [3.05, 3.63) is 70.7 Å². The van der Waals surface area contributed by atoms with Crippen LogP contribution in [-0.4, -0.2) is 29.0 Å². The van der Waals surface area contributed by atoms with Gasteiger partial charge < -0.3 is 4.90 Å². The number of amides is 1. The van der Waals surface area contributed by atoms with E-state index in [1.54, 1.807) is 0 Å². The van der Waals surface area contributed by atoms with Crippen LogP contribution in [0.25, 0.3) is 22.2 Å². The number of aryl methyl sites for hydroxylation is 2. The molecule has 4 aromatic rings. The lowest BCUT2D eigenvalue weighted by Crippen LogP contribution is -2.29. The number of nitrogens with zero attached hydrogens (tertiary/aromatic N) is 3. The van der Waals surface area contributed by atoms with Gasteiger partial charge in [-0.05, 0) is 57.4 Å². The van der Waals surface area contributed by atoms with E-state index in [0.717, 1.165) is 40.3 Å². The Kier molecular flexibility index (Phi) is 5.62. The van der Waals surface area contributed by atoms with E-state index in [4.69, 9.17) is 4.98 Å². The van der Waals surface area contributed by atoms with Crippen molar-refractivity contribution < 1.29 is 4.79 Å². The molecular formula is C26H26N4OS. The highest BCUT2D eigenvalue weighted by Crippen LogP contribution is 2.29. The van der Waals surface area contributed by atoms with Crippen LogP contribution in [0.2, 0.25) is 0 Å². The fourth-order valence-corrected chi connectivity index (χ4v) is 5.01. The second-order valence-electron chi connectivity index (χ2n) is 8.29. The topological polar surface area (TPSA) is 58.1 Å². The van der Waals surface area contributed by atoms with Crippen molar-refractivity contribution in [3.63, 3.8) is 0 Å². The van der Waals surface area contributed by atoms with Gasteiger partial charge in [0.25, 0.3) is 5.91 Å². The van der Waals surface area contributed by atoms with Gasteiger partial charge in [-0.2, -0.15) is 0 Å². The summed E-state index contributed by atoms with van der Waals surface area (Å²) in [5.74, 6) is -0.184. The molecular weight excluding hydrogens is 416 g/mol. The molecule has 0 saturated carbocycles. The number of piperidine rings is 1. The van der Waals surface area contributed by atoms with Gasteiger partial charge in [0.1, 0.15) is 0 Å². The predicted molar refractivity (Wildman–Crippen MR) is 133 cm³/mol. The van der Waals surface area contributed by atoms with Gasteiger partial charge in [0.05, 0.1) is 22.5 Å². The molecule has 6 heteroatoms. The number of nitrogens with one attached hydrogen (secondary N) is 1. The Morgan fingerprint density at radius 1 is 0.969 bits per heavy atom. The average molecular weight is 443 g/mol. The highest BCUT2D eigenvalue weighted by atomic mass is 32.1. The van der Waals surface area contributed by atoms with Crippen LogP contribution in [0.4, 0.5) is 10.8 Å². The molecule has 0 bridgehead atoms. The summed E-state index contributed by atoms with van der Waals surface area (Å²) in [4.78, 5) is 26.0. The Balaban J connectivity index is 1.49. The minimum Gasteiger partial charge on any atom is -0.372 e. The average Bonchev–Trinajstić information content (AvgIpc) is 3.15. The van der Waals surface area contributed by atoms with Crippen molar-refractivity contribution in [1.82, 2.24) is 9.97 Å². The number of thiazole rings is 1. The summed E-state index contributed by atoms with van der Waals surface area (Å²) in [5.41, 5.74) is 5.38. The van der Waals surface area contributed by atoms with Crippen LogP contribution >= 0.6 is 11.3 Å². The summed E-state index contributed by atoms with van der Waals surface area (Å²) in [6.45, 7) is 6.17. The van der Waals surface area contributed by atoms with Crippen LogP contribution in [0.3, 0.4) is 0 Å². The molecule has 1 fully saturated rings. The van der Waals surface area contributed by atoms with Gasteiger partial charge in [0, 0.05) is 34.6 Å². The van der Waals surface area contributed by atoms with Gasteiger partial charge in [-0.1, -0.05) is 30.3 Å². The lowest BCUT2D eigenvalue weighted by atomic mass is 10.0. The van der Waals surface area contributed by atoms with Crippen molar-refractivity contribution in [1.29, 1.82) is 0 Å². The summed E-state index contributed by atoms with van der Waals surface area (Å²) in [6, 6.07) is 18.4. The largest absolute Gasteiger partial charge is 0.372 e. The first-order chi connectivity index (χ1) is 15.6. The fourth-order valence-electron chi connectivity index (χ4n) is 4.20. The minimum atomic E-state index is -0.184. The van der Waals surface area contributed by atoms with E-state index in [9.17, 15) is 4.79 Å². The number of para-hydroxylation sites is 1. The van der Waals surface area contributed by atoms with Crippen LogP contribution < -0.4 is 10.2 Å². The monoisotopic (exact) mass is 442 g/mol. The van der Waals surface area contributed by atoms with Gasteiger partial charge in [-0.15, -0.1) is 11.3 Å². The maximum absolute atomic E-state index is 13.1. The number of aromatic nitrogens is 2. The highest BCUT2D eigenvalue weighted by Gasteiger charge is 2.16. The number of hydrogen-bond acceptors (Lipinski definition) is 5. The molecule has 2 aromatic carbocycles. The van der Waals surface area contributed by atoms with Crippen molar-refractivity contribution in [2.75, 3.05) is 23.3 Å². The molecule has 0 radical (unpaired) electrons. The molecule has 0 atom stereocenters. The smallest absolute Gasteiger partial charge is 0.259 e. The van der Waals surface area contributed by atoms with Crippen LogP contribution in [-0.2, 0) is 0 Å². The highest BCUT2D eigenvalue weighted by molar-refractivity contribution is 7.15. The van der Waals surface area contributed by atoms with E-state index >= 15 is 0 Å². The molecule has 3 heterocycles. The second kappa shape index (κ2) is 8.71. The van der Waals surface area contributed by atoms with Crippen molar-refractivity contribution in [2.45, 2.75) is 33.1 Å². The molecule has 1 aliphatic heterocycles. The summed E-state index contributed by atoms with van der Waals surface area (Å²) >= 11 is 1.49. The quantitative estimate of drug-likeness (QED) is 0.408. The van der Waals surface area contributed by atoms with E-state index in [1.165, 1.54) is 36.3 Å². The van der Waals surface area contributed by atoms with Crippen molar-refractivity contribution in [3.8, 4) is 11.3 Å². The number of carbonyl (C=O) groups is 1. The van der Waals surface area contributed by atoms with Gasteiger partial charge >= 0.3 is 0 Å². The fraction of sp³-hybridized carbons (Fsp3) is 0.269. The third-order valence-corrected chi connectivity index (χ3v) is 7.07. The number of hydrogen-bond donors (Lipinski definition) is 1. The van der Waals surface area contributed by atoms with Gasteiger partial charge in [0.2, 0.25) is 0 Å². The molecule has 0 spiro atoms. The maximum Gasteiger partial charge on any atom is 0.259 e. The maximum atomic E-state index is 13.1. The zero-order valence-corrected chi connectivity index (χ0v) is 19.2. The molecule has 162 valence electrons. The van der Waals surface area contributed by atoms with Gasteiger partial charge in [0.15, 0.2) is 5.13 Å². The molecule has 1 aliphatic rings. The predicted octanol–water partition coefficient (Wildman–Crippen LogP) is 6.22. The third-order valence-electron chi connectivity index (χ3n) is 6.08. The minimum absolute atomic E-state index is 0.184. The Bertz CT molecular complexity index is 1270. The van der Waals surface area contributed by atoms with Gasteiger partial charge in [-0.3, -0.25) is 10.1 Å². The standard InChI is InChI=1S/C26H26N4OS/c1-17-18(2)32-26(27-17)29-25(31)22-11-7-8-19-12-13-23(28-24(19)22)20-9-6-10-21(16-20)30-14-4-3-5-15-30/h6-13,16H,3-5,14-15H2,1-2H3,(H,27,29,31). The van der Waals surface area contributed by atoms with Crippen molar-refractivity contribution >= 4 is 39.0 Å². The molecule has 1 N–H and O–H groups in total.